The Morgan fingerprint density at radius 3 is 2.14 bits per heavy atom. The number of thiazole rings is 1. The number of Topliss-reactive ketones (excluding diaryl/α,β-unsaturated/α-hetero) is 2. The maximum atomic E-state index is 13.6. The van der Waals surface area contributed by atoms with Gasteiger partial charge < -0.3 is 19.3 Å². The van der Waals surface area contributed by atoms with Gasteiger partial charge in [0, 0.05) is 17.0 Å². The van der Waals surface area contributed by atoms with Gasteiger partial charge in [0.15, 0.2) is 24.7 Å². The number of hydrogen-bond acceptors (Lipinski definition) is 11. The number of anilines is 1. The Morgan fingerprint density at radius 2 is 1.51 bits per heavy atom. The summed E-state index contributed by atoms with van der Waals surface area (Å²) in [5.41, 5.74) is 2.35. The number of nitrogens with one attached hydrogen (secondary N) is 1. The average molecular weight is 745 g/mol. The van der Waals surface area contributed by atoms with Gasteiger partial charge in [0.2, 0.25) is 17.6 Å². The van der Waals surface area contributed by atoms with Crippen LogP contribution in [0.15, 0.2) is 95.8 Å². The molecule has 1 unspecified atom stereocenters. The molecule has 2 N–H and O–H groups in total. The molecule has 6 rings (SSSR count). The van der Waals surface area contributed by atoms with Crippen LogP contribution in [-0.4, -0.2) is 58.4 Å². The second-order valence-corrected chi connectivity index (χ2v) is 14.0. The molecule has 2 amide bonds. The van der Waals surface area contributed by atoms with Crippen molar-refractivity contribution < 1.29 is 38.5 Å². The van der Waals surface area contributed by atoms with Crippen LogP contribution in [0, 0.1) is 0 Å². The third kappa shape index (κ3) is 8.34. The van der Waals surface area contributed by atoms with Crippen molar-refractivity contribution in [3.05, 3.63) is 133 Å². The van der Waals surface area contributed by atoms with Gasteiger partial charge in [-0.25, -0.2) is 4.90 Å². The fourth-order valence-corrected chi connectivity index (χ4v) is 7.32. The van der Waals surface area contributed by atoms with Gasteiger partial charge in [-0.1, -0.05) is 77.2 Å². The first kappa shape index (κ1) is 35.5. The van der Waals surface area contributed by atoms with Crippen LogP contribution in [0.2, 0.25) is 5.02 Å². The molecule has 51 heavy (non-hydrogen) atoms. The summed E-state index contributed by atoms with van der Waals surface area (Å²) < 4.78 is 16.9. The zero-order chi connectivity index (χ0) is 36.1. The number of halogens is 1. The van der Waals surface area contributed by atoms with Crippen molar-refractivity contribution in [1.29, 1.82) is 0 Å². The highest BCUT2D eigenvalue weighted by Gasteiger charge is 2.42. The number of aromatic hydroxyl groups is 1. The molecule has 0 spiro atoms. The molecule has 1 saturated heterocycles. The molecule has 5 aromatic rings. The lowest BCUT2D eigenvalue weighted by Gasteiger charge is -2.19. The summed E-state index contributed by atoms with van der Waals surface area (Å²) in [5.74, 6) is -0.291. The second-order valence-electron chi connectivity index (χ2n) is 11.3. The van der Waals surface area contributed by atoms with Crippen molar-refractivity contribution >= 4 is 63.1 Å². The fraction of sp³-hybridized carbons (Fsp3) is 0.162. The van der Waals surface area contributed by atoms with Crippen LogP contribution < -0.4 is 24.0 Å². The summed E-state index contributed by atoms with van der Waals surface area (Å²) in [7, 11) is 1.36. The second kappa shape index (κ2) is 15.7. The van der Waals surface area contributed by atoms with Gasteiger partial charge in [-0.15, -0.1) is 0 Å². The number of aromatic amines is 1. The van der Waals surface area contributed by atoms with Crippen LogP contribution in [0.5, 0.6) is 23.1 Å². The monoisotopic (exact) mass is 744 g/mol. The summed E-state index contributed by atoms with van der Waals surface area (Å²) in [5, 5.41) is 9.08. The van der Waals surface area contributed by atoms with E-state index in [0.29, 0.717) is 33.4 Å². The van der Waals surface area contributed by atoms with E-state index in [0.717, 1.165) is 39.1 Å². The molecular weight excluding hydrogens is 716 g/mol. The van der Waals surface area contributed by atoms with E-state index in [1.807, 2.05) is 0 Å². The zero-order valence-electron chi connectivity index (χ0n) is 26.9. The number of amides is 2. The third-order valence-corrected chi connectivity index (χ3v) is 10.0. The molecule has 1 aromatic heterocycles. The van der Waals surface area contributed by atoms with Gasteiger partial charge >= 0.3 is 4.87 Å². The van der Waals surface area contributed by atoms with Gasteiger partial charge in [-0.3, -0.25) is 29.0 Å². The molecule has 1 aliphatic heterocycles. The number of aromatic nitrogens is 1. The lowest BCUT2D eigenvalue weighted by Crippen LogP contribution is -2.32. The first-order valence-electron chi connectivity index (χ1n) is 15.5. The number of benzene rings is 4. The van der Waals surface area contributed by atoms with E-state index in [2.05, 4.69) is 4.98 Å². The first-order valence-corrected chi connectivity index (χ1v) is 17.5. The highest BCUT2D eigenvalue weighted by Crippen LogP contribution is 2.40. The van der Waals surface area contributed by atoms with Gasteiger partial charge in [0.05, 0.1) is 28.5 Å². The van der Waals surface area contributed by atoms with E-state index in [4.69, 9.17) is 25.8 Å². The van der Waals surface area contributed by atoms with Crippen molar-refractivity contribution in [3.8, 4) is 23.1 Å². The number of ketones is 2. The number of hydrogen-bond donors (Lipinski definition) is 2. The maximum absolute atomic E-state index is 13.6. The number of methoxy groups -OCH3 is 1. The SMILES string of the molecule is COc1c(C(=O)COc2ccc(Cc3sc(=O)[nH]c3O)cc2)cccc1N1C(=O)SC(Cc2ccc(OCC(=O)c3cccc(Cl)c3)cc2)C1=O. The third-order valence-electron chi connectivity index (χ3n) is 7.88. The van der Waals surface area contributed by atoms with Crippen molar-refractivity contribution in [2.24, 2.45) is 0 Å². The van der Waals surface area contributed by atoms with E-state index in [1.165, 1.54) is 13.2 Å². The molecule has 260 valence electrons. The molecule has 1 fully saturated rings. The van der Waals surface area contributed by atoms with Crippen molar-refractivity contribution in [3.63, 3.8) is 0 Å². The van der Waals surface area contributed by atoms with E-state index in [1.54, 1.807) is 84.9 Å². The van der Waals surface area contributed by atoms with E-state index in [-0.39, 0.29) is 53.2 Å². The molecule has 0 aliphatic carbocycles. The number of rotatable bonds is 14. The van der Waals surface area contributed by atoms with Gasteiger partial charge in [0.1, 0.15) is 11.5 Å². The number of ether oxygens (including phenoxy) is 3. The summed E-state index contributed by atoms with van der Waals surface area (Å²) in [6.07, 6.45) is 0.607. The average Bonchev–Trinajstić information content (AvgIpc) is 3.60. The molecule has 2 heterocycles. The molecule has 0 radical (unpaired) electrons. The van der Waals surface area contributed by atoms with Crippen LogP contribution >= 0.6 is 34.7 Å². The number of carbonyl (C=O) groups is 4. The van der Waals surface area contributed by atoms with E-state index >= 15 is 0 Å². The van der Waals surface area contributed by atoms with Crippen molar-refractivity contribution in [2.45, 2.75) is 18.1 Å². The van der Waals surface area contributed by atoms with Crippen LogP contribution in [0.25, 0.3) is 0 Å². The molecule has 14 heteroatoms. The predicted octanol–water partition coefficient (Wildman–Crippen LogP) is 6.73. The van der Waals surface area contributed by atoms with E-state index < -0.39 is 22.2 Å². The summed E-state index contributed by atoms with van der Waals surface area (Å²) in [6.45, 7) is -0.510. The van der Waals surface area contributed by atoms with Crippen LogP contribution in [0.1, 0.15) is 36.7 Å². The molecule has 1 atom stereocenters. The minimum atomic E-state index is -0.715. The number of nitrogens with zero attached hydrogens (tertiary/aromatic N) is 1. The van der Waals surface area contributed by atoms with Crippen LogP contribution in [-0.2, 0) is 17.6 Å². The highest BCUT2D eigenvalue weighted by atomic mass is 35.5. The minimum absolute atomic E-state index is 0.0727. The Morgan fingerprint density at radius 1 is 0.863 bits per heavy atom. The lowest BCUT2D eigenvalue weighted by atomic mass is 10.1. The fourth-order valence-electron chi connectivity index (χ4n) is 5.36. The predicted molar refractivity (Wildman–Crippen MR) is 194 cm³/mol. The summed E-state index contributed by atoms with van der Waals surface area (Å²) in [6, 6.07) is 25.1. The number of para-hydroxylation sites is 1. The summed E-state index contributed by atoms with van der Waals surface area (Å²) in [4.78, 5) is 67.4. The normalized spacial score (nSPS) is 14.1. The number of thioether (sulfide) groups is 1. The molecule has 1 aliphatic rings. The first-order chi connectivity index (χ1) is 24.6. The lowest BCUT2D eigenvalue weighted by molar-refractivity contribution is -0.117. The Balaban J connectivity index is 1.07. The molecule has 11 nitrogen and oxygen atoms in total. The van der Waals surface area contributed by atoms with Crippen LogP contribution in [0.4, 0.5) is 10.5 Å². The smallest absolute Gasteiger partial charge is 0.307 e. The highest BCUT2D eigenvalue weighted by molar-refractivity contribution is 8.15. The Kier molecular flexibility index (Phi) is 10.9. The standard InChI is InChI=1S/C37H29ClN2O9S2/c1-47-33-27(30(42)20-49-26-12-8-21(9-13-26)16-31-34(43)39-36(45)50-31)6-3-7-28(33)40-35(44)32(51-37(40)46)17-22-10-14-25(15-11-22)48-19-29(41)23-4-2-5-24(38)18-23/h2-15,18,32,43H,16-17,19-20H2,1H3,(H,39,45). The largest absolute Gasteiger partial charge is 0.494 e. The number of imide groups is 1. The molecule has 0 saturated carbocycles. The van der Waals surface area contributed by atoms with Crippen LogP contribution in [0.3, 0.4) is 0 Å². The number of H-pyrrole nitrogens is 1. The molecule has 4 aromatic carbocycles. The van der Waals surface area contributed by atoms with Gasteiger partial charge in [0.25, 0.3) is 5.24 Å². The topological polar surface area (TPSA) is 152 Å². The Hall–Kier alpha value is -5.37. The van der Waals surface area contributed by atoms with Gasteiger partial charge in [-0.2, -0.15) is 0 Å². The van der Waals surface area contributed by atoms with Gasteiger partial charge in [-0.05, 0) is 66.1 Å². The number of carbonyl (C=O) groups excluding carboxylic acids is 4. The Bertz CT molecular complexity index is 2160. The van der Waals surface area contributed by atoms with Crippen molar-refractivity contribution in [1.82, 2.24) is 4.98 Å². The minimum Gasteiger partial charge on any atom is -0.494 e. The maximum Gasteiger partial charge on any atom is 0.307 e. The quantitative estimate of drug-likeness (QED) is 0.117. The molecular formula is C37H29ClN2O9S2. The molecule has 0 bridgehead atoms. The van der Waals surface area contributed by atoms with E-state index in [9.17, 15) is 29.1 Å². The zero-order valence-corrected chi connectivity index (χ0v) is 29.3. The Labute approximate surface area is 304 Å². The summed E-state index contributed by atoms with van der Waals surface area (Å²) >= 11 is 7.79. The van der Waals surface area contributed by atoms with Crippen molar-refractivity contribution in [2.75, 3.05) is 25.2 Å².